The number of rotatable bonds is 9. The first-order chi connectivity index (χ1) is 20.7. The molecule has 3 aromatic carbocycles. The van der Waals surface area contributed by atoms with E-state index in [9.17, 15) is 22.0 Å². The van der Waals surface area contributed by atoms with Crippen molar-refractivity contribution in [1.82, 2.24) is 19.1 Å². The Kier molecular flexibility index (Phi) is 7.67. The molecule has 2 aliphatic rings. The molecule has 4 aromatic rings. The van der Waals surface area contributed by atoms with Crippen molar-refractivity contribution in [2.24, 2.45) is 0 Å². The van der Waals surface area contributed by atoms with Crippen LogP contribution in [0.15, 0.2) is 104 Å². The smallest absolute Gasteiger partial charge is 0.417 e. The summed E-state index contributed by atoms with van der Waals surface area (Å²) in [5.74, 6) is -1.73. The number of fused-ring (bicyclic) bond motifs is 1. The second-order valence-corrected chi connectivity index (χ2v) is 10.1. The summed E-state index contributed by atoms with van der Waals surface area (Å²) in [6.07, 6.45) is 3.45. The number of nitrogens with zero attached hydrogens (tertiary/aromatic N) is 4. The first kappa shape index (κ1) is 28.1. The van der Waals surface area contributed by atoms with Crippen LogP contribution in [0.4, 0.5) is 22.0 Å². The summed E-state index contributed by atoms with van der Waals surface area (Å²) in [6, 6.07) is 20.3. The molecule has 0 unspecified atom stereocenters. The second kappa shape index (κ2) is 11.7. The van der Waals surface area contributed by atoms with Crippen molar-refractivity contribution in [2.45, 2.75) is 25.7 Å². The number of aryl methyl sites for hydroxylation is 1. The van der Waals surface area contributed by atoms with Crippen LogP contribution in [0.5, 0.6) is 5.75 Å². The minimum Gasteiger partial charge on any atom is -0.494 e. The van der Waals surface area contributed by atoms with E-state index in [-0.39, 0.29) is 22.7 Å². The topological polar surface area (TPSA) is 44.9 Å². The lowest BCUT2D eigenvalue weighted by Crippen LogP contribution is -2.09. The van der Waals surface area contributed by atoms with Gasteiger partial charge >= 0.3 is 6.18 Å². The van der Waals surface area contributed by atoms with Crippen molar-refractivity contribution in [3.8, 4) is 39.7 Å². The fourth-order valence-corrected chi connectivity index (χ4v) is 4.90. The highest BCUT2D eigenvalue weighted by molar-refractivity contribution is 5.70. The lowest BCUT2D eigenvalue weighted by molar-refractivity contribution is -0.137. The molecule has 43 heavy (non-hydrogen) atoms. The summed E-state index contributed by atoms with van der Waals surface area (Å²) >= 11 is 0. The van der Waals surface area contributed by atoms with Gasteiger partial charge in [-0.3, -0.25) is 0 Å². The van der Waals surface area contributed by atoms with E-state index in [2.05, 4.69) is 9.97 Å². The van der Waals surface area contributed by atoms with Gasteiger partial charge in [-0.15, -0.1) is 0 Å². The van der Waals surface area contributed by atoms with Crippen LogP contribution >= 0.6 is 0 Å². The fraction of sp³-hybridized carbons (Fsp3) is 0.152. The van der Waals surface area contributed by atoms with E-state index < -0.39 is 23.4 Å². The third kappa shape index (κ3) is 6.28. The van der Waals surface area contributed by atoms with Crippen molar-refractivity contribution in [2.75, 3.05) is 6.61 Å². The molecule has 0 spiro atoms. The predicted octanol–water partition coefficient (Wildman–Crippen LogP) is 8.33. The summed E-state index contributed by atoms with van der Waals surface area (Å²) in [5.41, 5.74) is 1.58. The van der Waals surface area contributed by atoms with E-state index in [0.29, 0.717) is 43.1 Å². The number of hydrogen-bond acceptors (Lipinski definition) is 3. The van der Waals surface area contributed by atoms with Crippen LogP contribution in [0.2, 0.25) is 0 Å². The quantitative estimate of drug-likeness (QED) is 0.126. The van der Waals surface area contributed by atoms with E-state index in [1.54, 1.807) is 48.8 Å². The van der Waals surface area contributed by atoms with Crippen LogP contribution in [0, 0.1) is 11.6 Å². The zero-order valence-electron chi connectivity index (χ0n) is 22.7. The van der Waals surface area contributed by atoms with Crippen molar-refractivity contribution >= 4 is 0 Å². The van der Waals surface area contributed by atoms with E-state index in [0.717, 1.165) is 17.7 Å². The third-order valence-electron chi connectivity index (χ3n) is 7.04. The van der Waals surface area contributed by atoms with Crippen LogP contribution in [0.1, 0.15) is 17.5 Å². The molecule has 0 radical (unpaired) electrons. The molecule has 218 valence electrons. The average molecular weight is 589 g/mol. The molecule has 1 aromatic heterocycles. The van der Waals surface area contributed by atoms with Gasteiger partial charge in [-0.1, -0.05) is 36.4 Å². The van der Waals surface area contributed by atoms with E-state index in [1.807, 2.05) is 33.7 Å². The minimum atomic E-state index is -4.56. The molecule has 6 rings (SSSR count). The van der Waals surface area contributed by atoms with Gasteiger partial charge in [-0.05, 0) is 65.6 Å². The number of halogens is 5. The van der Waals surface area contributed by atoms with Crippen molar-refractivity contribution in [3.05, 3.63) is 126 Å². The Morgan fingerprint density at radius 3 is 2.28 bits per heavy atom. The second-order valence-electron chi connectivity index (χ2n) is 10.1. The Labute approximate surface area is 244 Å². The molecule has 0 aliphatic carbocycles. The number of pyridine rings is 1. The standard InChI is InChI=1S/C33H25F5N4O/c34-28-6-3-5-26(31(28)35)32-39-29-13-17-42(21-30(29)40-32)20-22-7-9-23(10-8-22)25-12-11-24(19-27(25)33(36,37)38)43-18-4-16-41-14-1-2-15-41/h1-3,5-15,17,19,21H,4,16,18,20H2. The molecule has 0 saturated heterocycles. The highest BCUT2D eigenvalue weighted by Crippen LogP contribution is 2.39. The molecular formula is C33H25F5N4O. The van der Waals surface area contributed by atoms with Gasteiger partial charge in [0.2, 0.25) is 0 Å². The van der Waals surface area contributed by atoms with Crippen LogP contribution in [-0.4, -0.2) is 25.7 Å². The van der Waals surface area contributed by atoms with Gasteiger partial charge in [0.25, 0.3) is 0 Å². The van der Waals surface area contributed by atoms with Gasteiger partial charge in [0.05, 0.1) is 23.4 Å². The monoisotopic (exact) mass is 588 g/mol. The van der Waals surface area contributed by atoms with E-state index in [4.69, 9.17) is 4.74 Å². The maximum absolute atomic E-state index is 14.2. The third-order valence-corrected chi connectivity index (χ3v) is 7.04. The van der Waals surface area contributed by atoms with Crippen molar-refractivity contribution in [3.63, 3.8) is 0 Å². The van der Waals surface area contributed by atoms with Crippen LogP contribution in [-0.2, 0) is 19.3 Å². The molecule has 0 N–H and O–H groups in total. The van der Waals surface area contributed by atoms with Gasteiger partial charge in [0.1, 0.15) is 11.4 Å². The molecular weight excluding hydrogens is 563 g/mol. The number of ether oxygens (including phenoxy) is 1. The van der Waals surface area contributed by atoms with Gasteiger partial charge in [0.15, 0.2) is 17.5 Å². The lowest BCUT2D eigenvalue weighted by Gasteiger charge is -2.16. The van der Waals surface area contributed by atoms with Crippen LogP contribution in [0.3, 0.4) is 0 Å². The summed E-state index contributed by atoms with van der Waals surface area (Å²) < 4.78 is 79.4. The SMILES string of the molecule is Fc1cccc(-c2nc3ccn(Cc4ccc(-c5ccc(OCCCn6cccc6)cc5C(F)(F)F)cc4)cc-3n2)c1F. The van der Waals surface area contributed by atoms with Gasteiger partial charge in [-0.25, -0.2) is 18.7 Å². The largest absolute Gasteiger partial charge is 0.494 e. The van der Waals surface area contributed by atoms with E-state index in [1.165, 1.54) is 18.2 Å². The Bertz CT molecular complexity index is 1810. The Balaban J connectivity index is 1.16. The molecule has 5 nitrogen and oxygen atoms in total. The zero-order valence-corrected chi connectivity index (χ0v) is 22.7. The van der Waals surface area contributed by atoms with Gasteiger partial charge in [-0.2, -0.15) is 13.2 Å². The molecule has 0 amide bonds. The Morgan fingerprint density at radius 2 is 1.51 bits per heavy atom. The summed E-state index contributed by atoms with van der Waals surface area (Å²) in [6.45, 7) is 1.42. The van der Waals surface area contributed by atoms with Crippen molar-refractivity contribution < 1.29 is 26.7 Å². The molecule has 0 fully saturated rings. The summed E-state index contributed by atoms with van der Waals surface area (Å²) in [5, 5.41) is 0. The van der Waals surface area contributed by atoms with Crippen molar-refractivity contribution in [1.29, 1.82) is 0 Å². The normalized spacial score (nSPS) is 11.7. The van der Waals surface area contributed by atoms with E-state index >= 15 is 0 Å². The highest BCUT2D eigenvalue weighted by atomic mass is 19.4. The highest BCUT2D eigenvalue weighted by Gasteiger charge is 2.34. The molecule has 2 aliphatic heterocycles. The zero-order chi connectivity index (χ0) is 30.0. The first-order valence-corrected chi connectivity index (χ1v) is 13.6. The lowest BCUT2D eigenvalue weighted by atomic mass is 9.98. The molecule has 0 bridgehead atoms. The molecule has 0 saturated carbocycles. The van der Waals surface area contributed by atoms with Gasteiger partial charge < -0.3 is 13.9 Å². The van der Waals surface area contributed by atoms with Crippen LogP contribution < -0.4 is 4.74 Å². The fourth-order valence-electron chi connectivity index (χ4n) is 4.90. The van der Waals surface area contributed by atoms with Crippen LogP contribution in [0.25, 0.3) is 33.9 Å². The average Bonchev–Trinajstić information content (AvgIpc) is 3.67. The maximum atomic E-state index is 14.2. The number of benzene rings is 3. The molecule has 3 heterocycles. The minimum absolute atomic E-state index is 0.0241. The Morgan fingerprint density at radius 1 is 0.744 bits per heavy atom. The first-order valence-electron chi connectivity index (χ1n) is 13.6. The van der Waals surface area contributed by atoms with Gasteiger partial charge in [0, 0.05) is 37.9 Å². The number of hydrogen-bond donors (Lipinski definition) is 0. The number of alkyl halides is 3. The maximum Gasteiger partial charge on any atom is 0.417 e. The summed E-state index contributed by atoms with van der Waals surface area (Å²) in [4.78, 5) is 8.67. The summed E-state index contributed by atoms with van der Waals surface area (Å²) in [7, 11) is 0. The number of imidazole rings is 1. The molecule has 0 atom stereocenters. The number of aromatic nitrogens is 4. The Hall–Kier alpha value is -4.99. The predicted molar refractivity (Wildman–Crippen MR) is 153 cm³/mol. The molecule has 10 heteroatoms.